The summed E-state index contributed by atoms with van der Waals surface area (Å²) in [5.41, 5.74) is 1.33. The van der Waals surface area contributed by atoms with Crippen molar-refractivity contribution < 1.29 is 8.95 Å². The summed E-state index contributed by atoms with van der Waals surface area (Å²) >= 11 is 0. The fourth-order valence-corrected chi connectivity index (χ4v) is 3.49. The Morgan fingerprint density at radius 2 is 2.00 bits per heavy atom. The Bertz CT molecular complexity index is 535. The van der Waals surface area contributed by atoms with Gasteiger partial charge in [-0.2, -0.15) is 0 Å². The van der Waals surface area contributed by atoms with E-state index >= 15 is 0 Å². The van der Waals surface area contributed by atoms with Gasteiger partial charge in [-0.25, -0.2) is 8.93 Å². The fourth-order valence-electron chi connectivity index (χ4n) is 2.29. The average Bonchev–Trinajstić information content (AvgIpc) is 2.89. The van der Waals surface area contributed by atoms with Crippen molar-refractivity contribution >= 4 is 15.6 Å². The Morgan fingerprint density at radius 1 is 1.35 bits per heavy atom. The number of nitrogens with one attached hydrogen (secondary N) is 1. The summed E-state index contributed by atoms with van der Waals surface area (Å²) in [7, 11) is -2.44. The molecule has 1 N–H and O–H groups in total. The van der Waals surface area contributed by atoms with E-state index in [1.807, 2.05) is 24.3 Å². The first-order valence-electron chi connectivity index (χ1n) is 7.13. The molecular formula is C16H25NO2S. The highest BCUT2D eigenvalue weighted by Gasteiger charge is 2.18. The number of rotatable bonds is 4. The van der Waals surface area contributed by atoms with Crippen LogP contribution in [0.4, 0.5) is 0 Å². The topological polar surface area (TPSA) is 38.3 Å². The van der Waals surface area contributed by atoms with Crippen LogP contribution in [0.3, 0.4) is 0 Å². The Labute approximate surface area is 122 Å². The van der Waals surface area contributed by atoms with Crippen molar-refractivity contribution in [2.24, 2.45) is 0 Å². The monoisotopic (exact) mass is 295 g/mol. The molecule has 0 bridgehead atoms. The summed E-state index contributed by atoms with van der Waals surface area (Å²) in [5.74, 6) is 3.85. The van der Waals surface area contributed by atoms with Gasteiger partial charge in [-0.3, -0.25) is 0 Å². The first kappa shape index (κ1) is 15.5. The highest BCUT2D eigenvalue weighted by atomic mass is 32.2. The van der Waals surface area contributed by atoms with Crippen LogP contribution in [0.15, 0.2) is 29.2 Å². The first-order chi connectivity index (χ1) is 9.29. The van der Waals surface area contributed by atoms with Crippen molar-refractivity contribution in [1.82, 2.24) is 4.72 Å². The molecule has 0 aliphatic carbocycles. The van der Waals surface area contributed by atoms with Crippen molar-refractivity contribution in [2.45, 2.75) is 50.0 Å². The van der Waals surface area contributed by atoms with Crippen LogP contribution >= 0.6 is 0 Å². The quantitative estimate of drug-likeness (QED) is 0.867. The van der Waals surface area contributed by atoms with E-state index in [2.05, 4.69) is 31.4 Å². The fraction of sp³-hybridized carbons (Fsp3) is 0.562. The van der Waals surface area contributed by atoms with Crippen LogP contribution in [0.25, 0.3) is 0 Å². The molecular weight excluding hydrogens is 270 g/mol. The van der Waals surface area contributed by atoms with E-state index in [1.165, 1.54) is 5.56 Å². The molecule has 1 aliphatic rings. The van der Waals surface area contributed by atoms with Crippen LogP contribution in [-0.4, -0.2) is 29.3 Å². The third-order valence-electron chi connectivity index (χ3n) is 3.67. The number of benzene rings is 1. The molecule has 0 amide bonds. The molecule has 0 aromatic heterocycles. The minimum Gasteiger partial charge on any atom is -0.377 e. The molecule has 3 nitrogen and oxygen atoms in total. The second-order valence-corrected chi connectivity index (χ2v) is 8.54. The van der Waals surface area contributed by atoms with Crippen molar-refractivity contribution in [3.63, 3.8) is 0 Å². The summed E-state index contributed by atoms with van der Waals surface area (Å²) in [5, 5.41) is 0. The lowest BCUT2D eigenvalue weighted by atomic mass is 9.87. The molecule has 1 aromatic carbocycles. The summed E-state index contributed by atoms with van der Waals surface area (Å²) in [6.07, 6.45) is 2.29. The van der Waals surface area contributed by atoms with Crippen LogP contribution in [0.2, 0.25) is 0 Å². The standard InChI is InChI=1S/C16H25NO2S/c1-16(2,3)13-7-9-15(10-8-13)20(4,18)17-12-14-6-5-11-19-14/h7-10,14H,4-6,11-12H2,1-3H3,(H,17,18). The second kappa shape index (κ2) is 5.88. The Kier molecular flexibility index (Phi) is 4.57. The molecule has 1 aromatic rings. The lowest BCUT2D eigenvalue weighted by Crippen LogP contribution is -2.31. The van der Waals surface area contributed by atoms with Gasteiger partial charge in [0.05, 0.1) is 15.8 Å². The van der Waals surface area contributed by atoms with Gasteiger partial charge in [0, 0.05) is 18.0 Å². The zero-order valence-corrected chi connectivity index (χ0v) is 13.5. The maximum Gasteiger partial charge on any atom is 0.0710 e. The third kappa shape index (κ3) is 3.84. The molecule has 0 saturated carbocycles. The molecule has 0 spiro atoms. The van der Waals surface area contributed by atoms with Gasteiger partial charge in [0.2, 0.25) is 0 Å². The second-order valence-electron chi connectivity index (χ2n) is 6.43. The molecule has 1 heterocycles. The minimum absolute atomic E-state index is 0.103. The molecule has 1 fully saturated rings. The van der Waals surface area contributed by atoms with E-state index in [1.54, 1.807) is 0 Å². The Balaban J connectivity index is 2.05. The molecule has 1 saturated heterocycles. The highest BCUT2D eigenvalue weighted by Crippen LogP contribution is 2.23. The first-order valence-corrected chi connectivity index (χ1v) is 8.86. The lowest BCUT2D eigenvalue weighted by Gasteiger charge is -2.20. The van der Waals surface area contributed by atoms with Crippen molar-refractivity contribution in [3.8, 4) is 0 Å². The van der Waals surface area contributed by atoms with Gasteiger partial charge in [-0.1, -0.05) is 32.9 Å². The minimum atomic E-state index is -2.44. The van der Waals surface area contributed by atoms with Gasteiger partial charge in [-0.15, -0.1) is 0 Å². The molecule has 112 valence electrons. The molecule has 2 rings (SSSR count). The van der Waals surface area contributed by atoms with Crippen molar-refractivity contribution in [1.29, 1.82) is 0 Å². The predicted octanol–water partition coefficient (Wildman–Crippen LogP) is 2.74. The maximum absolute atomic E-state index is 12.6. The summed E-state index contributed by atoms with van der Waals surface area (Å²) in [6.45, 7) is 7.91. The summed E-state index contributed by atoms with van der Waals surface area (Å²) in [4.78, 5) is 0.753. The van der Waals surface area contributed by atoms with E-state index in [9.17, 15) is 4.21 Å². The largest absolute Gasteiger partial charge is 0.377 e. The van der Waals surface area contributed by atoms with Crippen molar-refractivity contribution in [2.75, 3.05) is 13.2 Å². The molecule has 4 heteroatoms. The van der Waals surface area contributed by atoms with E-state index in [4.69, 9.17) is 4.74 Å². The van der Waals surface area contributed by atoms with Gasteiger partial charge in [0.15, 0.2) is 0 Å². The predicted molar refractivity (Wildman–Crippen MR) is 85.6 cm³/mol. The summed E-state index contributed by atoms with van der Waals surface area (Å²) in [6, 6.07) is 7.90. The van der Waals surface area contributed by atoms with Gasteiger partial charge < -0.3 is 4.74 Å². The maximum atomic E-state index is 12.6. The molecule has 2 atom stereocenters. The lowest BCUT2D eigenvalue weighted by molar-refractivity contribution is 0.115. The van der Waals surface area contributed by atoms with Gasteiger partial charge in [-0.05, 0) is 41.8 Å². The van der Waals surface area contributed by atoms with Crippen LogP contribution in [0.5, 0.6) is 0 Å². The zero-order chi connectivity index (χ0) is 14.8. The van der Waals surface area contributed by atoms with Crippen molar-refractivity contribution in [3.05, 3.63) is 29.8 Å². The van der Waals surface area contributed by atoms with E-state index in [0.717, 1.165) is 24.3 Å². The van der Waals surface area contributed by atoms with Crippen LogP contribution in [-0.2, 0) is 19.9 Å². The normalized spacial score (nSPS) is 22.6. The van der Waals surface area contributed by atoms with Gasteiger partial charge in [0.25, 0.3) is 0 Å². The number of ether oxygens (including phenoxy) is 1. The highest BCUT2D eigenvalue weighted by molar-refractivity contribution is 7.98. The SMILES string of the molecule is C=S(=O)(NCC1CCCO1)c1ccc(C(C)(C)C)cc1. The van der Waals surface area contributed by atoms with Crippen LogP contribution in [0, 0.1) is 0 Å². The number of hydrogen-bond acceptors (Lipinski definition) is 2. The third-order valence-corrected chi connectivity index (χ3v) is 5.34. The summed E-state index contributed by atoms with van der Waals surface area (Å²) < 4.78 is 21.2. The molecule has 1 aliphatic heterocycles. The average molecular weight is 295 g/mol. The van der Waals surface area contributed by atoms with Gasteiger partial charge >= 0.3 is 0 Å². The Morgan fingerprint density at radius 3 is 2.50 bits per heavy atom. The van der Waals surface area contributed by atoms with Gasteiger partial charge in [0.1, 0.15) is 0 Å². The number of hydrogen-bond donors (Lipinski definition) is 1. The molecule has 20 heavy (non-hydrogen) atoms. The molecule has 0 radical (unpaired) electrons. The van der Waals surface area contributed by atoms with Crippen LogP contribution in [0.1, 0.15) is 39.2 Å². The molecule has 2 unspecified atom stereocenters. The van der Waals surface area contributed by atoms with E-state index in [0.29, 0.717) is 6.54 Å². The zero-order valence-electron chi connectivity index (χ0n) is 12.6. The van der Waals surface area contributed by atoms with E-state index in [-0.39, 0.29) is 11.5 Å². The van der Waals surface area contributed by atoms with E-state index < -0.39 is 9.71 Å². The smallest absolute Gasteiger partial charge is 0.0710 e. The Hall–Kier alpha value is -0.840. The van der Waals surface area contributed by atoms with Crippen LogP contribution < -0.4 is 4.72 Å².